The minimum absolute atomic E-state index is 0.460. The number of piperidine rings is 1. The van der Waals surface area contributed by atoms with Crippen molar-refractivity contribution in [2.45, 2.75) is 20.8 Å². The van der Waals surface area contributed by atoms with Gasteiger partial charge >= 0.3 is 0 Å². The van der Waals surface area contributed by atoms with E-state index in [2.05, 4.69) is 49.9 Å². The second-order valence-electron chi connectivity index (χ2n) is 6.92. The highest BCUT2D eigenvalue weighted by molar-refractivity contribution is 7.07. The summed E-state index contributed by atoms with van der Waals surface area (Å²) in [7, 11) is 0. The zero-order chi connectivity index (χ0) is 13.8. The van der Waals surface area contributed by atoms with E-state index in [1.54, 1.807) is 11.3 Å². The van der Waals surface area contributed by atoms with Crippen LogP contribution in [0.25, 0.3) is 12.7 Å². The van der Waals surface area contributed by atoms with Crippen molar-refractivity contribution >= 4 is 24.0 Å². The molecule has 102 valence electrons. The van der Waals surface area contributed by atoms with Crippen LogP contribution in [0.15, 0.2) is 17.8 Å². The quantitative estimate of drug-likeness (QED) is 0.821. The number of rotatable bonds is 2. The van der Waals surface area contributed by atoms with Crippen LogP contribution in [0.1, 0.15) is 20.8 Å². The molecule has 0 aromatic carbocycles. The van der Waals surface area contributed by atoms with Gasteiger partial charge in [0, 0.05) is 23.3 Å². The van der Waals surface area contributed by atoms with Crippen molar-refractivity contribution in [1.29, 1.82) is 0 Å². The molecule has 3 rings (SSSR count). The first-order valence-electron chi connectivity index (χ1n) is 6.92. The van der Waals surface area contributed by atoms with E-state index in [0.29, 0.717) is 5.41 Å². The molecule has 0 N–H and O–H groups in total. The van der Waals surface area contributed by atoms with Gasteiger partial charge in [0.15, 0.2) is 0 Å². The molecule has 2 unspecified atom stereocenters. The maximum absolute atomic E-state index is 4.32. The molecule has 2 fully saturated rings. The molecular weight excluding hydrogens is 252 g/mol. The Hall–Kier alpha value is -1.09. The second-order valence-corrected chi connectivity index (χ2v) is 7.86. The molecule has 1 aliphatic heterocycles. The van der Waals surface area contributed by atoms with E-state index in [-0.39, 0.29) is 0 Å². The van der Waals surface area contributed by atoms with E-state index in [1.165, 1.54) is 13.1 Å². The lowest BCUT2D eigenvalue weighted by Crippen LogP contribution is -2.28. The fraction of sp³-hybridized carbons (Fsp3) is 0.562. The van der Waals surface area contributed by atoms with Gasteiger partial charge in [-0.1, -0.05) is 33.9 Å². The van der Waals surface area contributed by atoms with Crippen molar-refractivity contribution < 1.29 is 0 Å². The van der Waals surface area contributed by atoms with E-state index < -0.39 is 0 Å². The van der Waals surface area contributed by atoms with Crippen LogP contribution in [-0.4, -0.2) is 23.0 Å². The van der Waals surface area contributed by atoms with E-state index in [1.807, 2.05) is 5.51 Å². The predicted molar refractivity (Wildman–Crippen MR) is 82.0 cm³/mol. The molecule has 1 aliphatic carbocycles. The third-order valence-electron chi connectivity index (χ3n) is 4.58. The lowest BCUT2D eigenvalue weighted by atomic mass is 9.87. The fourth-order valence-corrected chi connectivity index (χ4v) is 4.22. The predicted octanol–water partition coefficient (Wildman–Crippen LogP) is 2.07. The number of allylic oxidation sites excluding steroid dienone is 1. The van der Waals surface area contributed by atoms with Crippen molar-refractivity contribution in [2.75, 3.05) is 13.1 Å². The van der Waals surface area contributed by atoms with Crippen LogP contribution in [0.3, 0.4) is 0 Å². The number of thiazole rings is 1. The Kier molecular flexibility index (Phi) is 2.86. The summed E-state index contributed by atoms with van der Waals surface area (Å²) in [5.41, 5.74) is 3.40. The minimum Gasteiger partial charge on any atom is -0.371 e. The highest BCUT2D eigenvalue weighted by Gasteiger charge is 2.59. The van der Waals surface area contributed by atoms with Crippen molar-refractivity contribution in [3.05, 3.63) is 27.7 Å². The highest BCUT2D eigenvalue weighted by Crippen LogP contribution is 2.60. The third kappa shape index (κ3) is 2.25. The standard InChI is InChI=1S/C16H22N2S/c1-10(6-14-11(2)19-9-17-14)18-7-12-13(8-18)15(12)16(3,4)5/h6,9,12-13,15H,1-2,7-8H2,3-5H3/b14-6+. The number of fused-ring (bicyclic) bond motifs is 1. The Morgan fingerprint density at radius 2 is 2.05 bits per heavy atom. The first kappa shape index (κ1) is 12.9. The Labute approximate surface area is 119 Å². The van der Waals surface area contributed by atoms with Crippen LogP contribution < -0.4 is 9.88 Å². The van der Waals surface area contributed by atoms with Crippen molar-refractivity contribution in [1.82, 2.24) is 9.88 Å². The SMILES string of the molecule is C=C(/C=c1/ncsc1=C)N1CC2C(C1)C2C(C)(C)C. The minimum atomic E-state index is 0.460. The average molecular weight is 274 g/mol. The van der Waals surface area contributed by atoms with Crippen molar-refractivity contribution in [2.24, 2.45) is 23.2 Å². The third-order valence-corrected chi connectivity index (χ3v) is 5.28. The monoisotopic (exact) mass is 274 g/mol. The summed E-state index contributed by atoms with van der Waals surface area (Å²) in [6.07, 6.45) is 2.08. The summed E-state index contributed by atoms with van der Waals surface area (Å²) in [6, 6.07) is 0. The summed E-state index contributed by atoms with van der Waals surface area (Å²) in [5.74, 6) is 2.65. The normalized spacial score (nSPS) is 30.6. The molecule has 2 nitrogen and oxygen atoms in total. The number of aromatic nitrogens is 1. The van der Waals surface area contributed by atoms with Gasteiger partial charge < -0.3 is 4.90 Å². The maximum Gasteiger partial charge on any atom is 0.0826 e. The van der Waals surface area contributed by atoms with E-state index in [9.17, 15) is 0 Å². The van der Waals surface area contributed by atoms with Crippen molar-refractivity contribution in [3.63, 3.8) is 0 Å². The molecule has 19 heavy (non-hydrogen) atoms. The highest BCUT2D eigenvalue weighted by atomic mass is 32.1. The first-order chi connectivity index (χ1) is 8.88. The number of hydrogen-bond donors (Lipinski definition) is 0. The molecular formula is C16H22N2S. The van der Waals surface area contributed by atoms with E-state index in [4.69, 9.17) is 0 Å². The molecule has 0 radical (unpaired) electrons. The second kappa shape index (κ2) is 4.20. The van der Waals surface area contributed by atoms with Crippen molar-refractivity contribution in [3.8, 4) is 0 Å². The van der Waals surface area contributed by atoms with Crippen LogP contribution in [0.4, 0.5) is 0 Å². The summed E-state index contributed by atoms with van der Waals surface area (Å²) in [5, 5.41) is 0.975. The number of likely N-dealkylation sites (tertiary alicyclic amines) is 1. The lowest BCUT2D eigenvalue weighted by Gasteiger charge is -2.27. The Morgan fingerprint density at radius 1 is 1.42 bits per heavy atom. The van der Waals surface area contributed by atoms with Crippen LogP contribution in [0.5, 0.6) is 0 Å². The number of hydrogen-bond acceptors (Lipinski definition) is 3. The Bertz CT molecular complexity index is 595. The summed E-state index contributed by atoms with van der Waals surface area (Å²) >= 11 is 1.59. The molecule has 1 aromatic heterocycles. The largest absolute Gasteiger partial charge is 0.371 e. The van der Waals surface area contributed by atoms with Gasteiger partial charge in [0.25, 0.3) is 0 Å². The fourth-order valence-electron chi connectivity index (χ4n) is 3.69. The summed E-state index contributed by atoms with van der Waals surface area (Å²) in [4.78, 5) is 6.74. The van der Waals surface area contributed by atoms with Gasteiger partial charge in [-0.25, -0.2) is 4.98 Å². The topological polar surface area (TPSA) is 16.1 Å². The Morgan fingerprint density at radius 3 is 2.53 bits per heavy atom. The molecule has 2 heterocycles. The first-order valence-corrected chi connectivity index (χ1v) is 7.80. The van der Waals surface area contributed by atoms with Gasteiger partial charge in [-0.3, -0.25) is 0 Å². The molecule has 1 aromatic rings. The summed E-state index contributed by atoms with van der Waals surface area (Å²) < 4.78 is 1.03. The smallest absolute Gasteiger partial charge is 0.0826 e. The van der Waals surface area contributed by atoms with Gasteiger partial charge in [0.1, 0.15) is 0 Å². The van der Waals surface area contributed by atoms with E-state index >= 15 is 0 Å². The maximum atomic E-state index is 4.32. The molecule has 3 heteroatoms. The van der Waals surface area contributed by atoms with Gasteiger partial charge in [-0.2, -0.15) is 0 Å². The molecule has 2 atom stereocenters. The zero-order valence-electron chi connectivity index (χ0n) is 12.0. The Balaban J connectivity index is 1.68. The van der Waals surface area contributed by atoms with Gasteiger partial charge in [0.2, 0.25) is 0 Å². The number of nitrogens with zero attached hydrogens (tertiary/aromatic N) is 2. The molecule has 1 saturated carbocycles. The van der Waals surface area contributed by atoms with E-state index in [0.717, 1.165) is 33.3 Å². The van der Waals surface area contributed by atoms with Gasteiger partial charge in [0.05, 0.1) is 10.9 Å². The molecule has 0 amide bonds. The average Bonchev–Trinajstić information content (AvgIpc) is 2.67. The molecule has 0 spiro atoms. The molecule has 2 aliphatic rings. The van der Waals surface area contributed by atoms with Crippen LogP contribution in [0.2, 0.25) is 0 Å². The van der Waals surface area contributed by atoms with Crippen LogP contribution in [-0.2, 0) is 0 Å². The van der Waals surface area contributed by atoms with Gasteiger partial charge in [-0.15, -0.1) is 11.3 Å². The van der Waals surface area contributed by atoms with Crippen LogP contribution in [0, 0.1) is 23.2 Å². The molecule has 0 bridgehead atoms. The zero-order valence-corrected chi connectivity index (χ0v) is 12.8. The molecule has 1 saturated heterocycles. The van der Waals surface area contributed by atoms with Gasteiger partial charge in [-0.05, 0) is 29.2 Å². The lowest BCUT2D eigenvalue weighted by molar-refractivity contribution is 0.258. The summed E-state index contributed by atoms with van der Waals surface area (Å²) in [6.45, 7) is 17.6. The van der Waals surface area contributed by atoms with Crippen LogP contribution >= 0.6 is 11.3 Å².